The minimum atomic E-state index is -6.00. The van der Waals surface area contributed by atoms with E-state index in [1.807, 2.05) is 5.32 Å². The average Bonchev–Trinajstić information content (AvgIpc) is 2.85. The summed E-state index contributed by atoms with van der Waals surface area (Å²) >= 11 is 0. The lowest BCUT2D eigenvalue weighted by Crippen LogP contribution is -2.56. The zero-order valence-electron chi connectivity index (χ0n) is 19.0. The number of halogens is 8. The number of rotatable bonds is 7. The quantitative estimate of drug-likeness (QED) is 0.385. The molecule has 3 amide bonds. The fourth-order valence-electron chi connectivity index (χ4n) is 3.18. The van der Waals surface area contributed by atoms with Gasteiger partial charge < -0.3 is 10.6 Å². The van der Waals surface area contributed by atoms with Gasteiger partial charge in [-0.3, -0.25) is 23.6 Å². The molecule has 0 saturated heterocycles. The molecule has 0 saturated carbocycles. The zero-order valence-corrected chi connectivity index (χ0v) is 19.8. The predicted molar refractivity (Wildman–Crippen MR) is 112 cm³/mol. The van der Waals surface area contributed by atoms with Gasteiger partial charge >= 0.3 is 18.3 Å². The molecule has 2 rings (SSSR count). The van der Waals surface area contributed by atoms with Crippen LogP contribution in [0.3, 0.4) is 0 Å². The van der Waals surface area contributed by atoms with Crippen LogP contribution >= 0.6 is 0 Å². The van der Waals surface area contributed by atoms with Gasteiger partial charge in [0.15, 0.2) is 0 Å². The van der Waals surface area contributed by atoms with Crippen molar-refractivity contribution in [3.05, 3.63) is 24.3 Å². The molecule has 1 aliphatic heterocycles. The summed E-state index contributed by atoms with van der Waals surface area (Å²) < 4.78 is 128. The maximum atomic E-state index is 13.3. The Balaban J connectivity index is 2.34. The summed E-state index contributed by atoms with van der Waals surface area (Å²) in [4.78, 5) is 37.7. The molecule has 0 fully saturated rings. The lowest BCUT2D eigenvalue weighted by molar-refractivity contribution is -0.278. The highest BCUT2D eigenvalue weighted by Gasteiger charge is 2.57. The maximum absolute atomic E-state index is 13.3. The summed E-state index contributed by atoms with van der Waals surface area (Å²) in [5.74, 6) is -11.8. The van der Waals surface area contributed by atoms with Crippen LogP contribution in [0.25, 0.3) is 0 Å². The van der Waals surface area contributed by atoms with Crippen molar-refractivity contribution in [2.45, 2.75) is 31.2 Å². The third kappa shape index (κ3) is 7.20. The van der Waals surface area contributed by atoms with Crippen LogP contribution in [-0.2, 0) is 24.4 Å². The third-order valence-electron chi connectivity index (χ3n) is 5.09. The standard InChI is InChI=1S/C19H20F8N4O5S/c1-10(14(32)28-8-17(20,21)19(25,26)27)15(33)29-11-7-31(37(2,35)36)13-6-4-3-5-12(13)30(16(11)34)9-18(22,23)24/h3-6,10-11H,7-9H2,1-2H3,(H,28,32)(H,29,33)/t10?,11-/m0/s1. The molecule has 1 aliphatic rings. The number of fused-ring (bicyclic) bond motifs is 1. The molecule has 2 atom stereocenters. The summed E-state index contributed by atoms with van der Waals surface area (Å²) in [6.07, 6.45) is -10.3. The smallest absolute Gasteiger partial charge is 0.349 e. The van der Waals surface area contributed by atoms with E-state index >= 15 is 0 Å². The van der Waals surface area contributed by atoms with Crippen LogP contribution in [0.4, 0.5) is 46.5 Å². The molecule has 1 aromatic rings. The molecule has 208 valence electrons. The van der Waals surface area contributed by atoms with Gasteiger partial charge in [-0.25, -0.2) is 8.42 Å². The van der Waals surface area contributed by atoms with Gasteiger partial charge in [-0.15, -0.1) is 0 Å². The van der Waals surface area contributed by atoms with Crippen LogP contribution in [0.15, 0.2) is 24.3 Å². The summed E-state index contributed by atoms with van der Waals surface area (Å²) in [6, 6.07) is 2.68. The van der Waals surface area contributed by atoms with Gasteiger partial charge in [-0.2, -0.15) is 35.1 Å². The van der Waals surface area contributed by atoms with Gasteiger partial charge in [0.1, 0.15) is 18.5 Å². The molecule has 1 unspecified atom stereocenters. The molecule has 0 radical (unpaired) electrons. The number of alkyl halides is 8. The summed E-state index contributed by atoms with van der Waals surface area (Å²) in [5, 5.41) is 3.13. The van der Waals surface area contributed by atoms with Crippen LogP contribution in [0.5, 0.6) is 0 Å². The lowest BCUT2D eigenvalue weighted by atomic mass is 10.1. The number of carbonyl (C=O) groups is 3. The van der Waals surface area contributed by atoms with E-state index in [4.69, 9.17) is 0 Å². The van der Waals surface area contributed by atoms with E-state index in [9.17, 15) is 57.9 Å². The van der Waals surface area contributed by atoms with Crippen molar-refractivity contribution in [2.75, 3.05) is 35.1 Å². The summed E-state index contributed by atoms with van der Waals surface area (Å²) in [5.41, 5.74) is -0.772. The van der Waals surface area contributed by atoms with E-state index in [2.05, 4.69) is 0 Å². The first-order chi connectivity index (χ1) is 16.7. The number of benzene rings is 1. The van der Waals surface area contributed by atoms with Crippen molar-refractivity contribution in [1.82, 2.24) is 10.6 Å². The van der Waals surface area contributed by atoms with Gasteiger partial charge in [0.25, 0.3) is 5.91 Å². The van der Waals surface area contributed by atoms with Crippen molar-refractivity contribution < 1.29 is 57.9 Å². The third-order valence-corrected chi connectivity index (χ3v) is 6.24. The number of amides is 3. The minimum Gasteiger partial charge on any atom is -0.349 e. The van der Waals surface area contributed by atoms with Crippen molar-refractivity contribution in [2.24, 2.45) is 5.92 Å². The number of hydrogen-bond acceptors (Lipinski definition) is 5. The minimum absolute atomic E-state index is 0.181. The Hall–Kier alpha value is -3.18. The average molecular weight is 568 g/mol. The molecular formula is C19H20F8N4O5S. The highest BCUT2D eigenvalue weighted by Crippen LogP contribution is 2.36. The summed E-state index contributed by atoms with van der Waals surface area (Å²) in [6.45, 7) is -4.22. The number of nitrogens with zero attached hydrogens (tertiary/aromatic N) is 2. The molecule has 2 N–H and O–H groups in total. The van der Waals surface area contributed by atoms with Crippen molar-refractivity contribution in [3.63, 3.8) is 0 Å². The van der Waals surface area contributed by atoms with Crippen LogP contribution in [-0.4, -0.2) is 76.3 Å². The molecule has 0 aliphatic carbocycles. The van der Waals surface area contributed by atoms with Gasteiger partial charge in [0, 0.05) is 0 Å². The van der Waals surface area contributed by atoms with Gasteiger partial charge in [0.05, 0.1) is 30.7 Å². The Morgan fingerprint density at radius 3 is 2.05 bits per heavy atom. The second-order valence-corrected chi connectivity index (χ2v) is 9.93. The zero-order chi connectivity index (χ0) is 28.6. The molecule has 0 spiro atoms. The monoisotopic (exact) mass is 568 g/mol. The SMILES string of the molecule is CC(C(=O)NCC(F)(F)C(F)(F)F)C(=O)N[C@H]1CN(S(C)(=O)=O)c2ccccc2N(CC(F)(F)F)C1=O. The van der Waals surface area contributed by atoms with E-state index in [0.29, 0.717) is 10.6 Å². The fourth-order valence-corrected chi connectivity index (χ4v) is 4.11. The molecular weight excluding hydrogens is 548 g/mol. The molecule has 9 nitrogen and oxygen atoms in total. The van der Waals surface area contributed by atoms with E-state index < -0.39 is 83.3 Å². The van der Waals surface area contributed by atoms with Crippen molar-refractivity contribution in [1.29, 1.82) is 0 Å². The largest absolute Gasteiger partial charge is 0.455 e. The highest BCUT2D eigenvalue weighted by molar-refractivity contribution is 7.92. The molecule has 37 heavy (non-hydrogen) atoms. The van der Waals surface area contributed by atoms with E-state index in [1.165, 1.54) is 17.4 Å². The first kappa shape index (κ1) is 30.0. The second-order valence-electron chi connectivity index (χ2n) is 8.03. The number of carbonyl (C=O) groups excluding carboxylic acids is 3. The highest BCUT2D eigenvalue weighted by atomic mass is 32.2. The van der Waals surface area contributed by atoms with Crippen LogP contribution in [0.1, 0.15) is 6.92 Å². The van der Waals surface area contributed by atoms with Crippen molar-refractivity contribution in [3.8, 4) is 0 Å². The lowest BCUT2D eigenvalue weighted by Gasteiger charge is -2.27. The molecule has 0 aromatic heterocycles. The van der Waals surface area contributed by atoms with Crippen LogP contribution in [0, 0.1) is 5.92 Å². The van der Waals surface area contributed by atoms with Gasteiger partial charge in [-0.05, 0) is 19.1 Å². The Kier molecular flexibility index (Phi) is 8.36. The first-order valence-corrected chi connectivity index (χ1v) is 12.0. The first-order valence-electron chi connectivity index (χ1n) is 10.1. The number of nitrogens with one attached hydrogen (secondary N) is 2. The normalized spacial score (nSPS) is 18.1. The van der Waals surface area contributed by atoms with Gasteiger partial charge in [-0.1, -0.05) is 12.1 Å². The Bertz CT molecular complexity index is 1160. The van der Waals surface area contributed by atoms with E-state index in [1.54, 1.807) is 0 Å². The number of para-hydroxylation sites is 2. The Labute approximate surface area is 204 Å². The Morgan fingerprint density at radius 1 is 1.03 bits per heavy atom. The van der Waals surface area contributed by atoms with Gasteiger partial charge in [0.2, 0.25) is 21.8 Å². The molecule has 1 heterocycles. The van der Waals surface area contributed by atoms with Crippen molar-refractivity contribution >= 4 is 39.1 Å². The predicted octanol–water partition coefficient (Wildman–Crippen LogP) is 1.80. The number of anilines is 2. The number of hydrogen-bond donors (Lipinski definition) is 2. The fraction of sp³-hybridized carbons (Fsp3) is 0.526. The topological polar surface area (TPSA) is 116 Å². The number of sulfonamides is 1. The Morgan fingerprint density at radius 2 is 1.57 bits per heavy atom. The van der Waals surface area contributed by atoms with Crippen LogP contribution < -0.4 is 19.8 Å². The molecule has 18 heteroatoms. The van der Waals surface area contributed by atoms with E-state index in [-0.39, 0.29) is 10.6 Å². The second kappa shape index (κ2) is 10.3. The maximum Gasteiger partial charge on any atom is 0.455 e. The van der Waals surface area contributed by atoms with E-state index in [0.717, 1.165) is 19.1 Å². The van der Waals surface area contributed by atoms with Crippen LogP contribution in [0.2, 0.25) is 0 Å². The summed E-state index contributed by atoms with van der Waals surface area (Å²) in [7, 11) is -4.24. The molecule has 1 aromatic carbocycles. The molecule has 0 bridgehead atoms.